The highest BCUT2D eigenvalue weighted by Gasteiger charge is 2.15. The quantitative estimate of drug-likeness (QED) is 0.828. The van der Waals surface area contributed by atoms with Crippen LogP contribution in [0.1, 0.15) is 41.8 Å². The summed E-state index contributed by atoms with van der Waals surface area (Å²) in [5.74, 6) is 0.908. The van der Waals surface area contributed by atoms with Gasteiger partial charge >= 0.3 is 0 Å². The van der Waals surface area contributed by atoms with E-state index in [1.807, 2.05) is 44.2 Å². The molecule has 0 aliphatic heterocycles. The lowest BCUT2D eigenvalue weighted by atomic mass is 10.1. The van der Waals surface area contributed by atoms with Gasteiger partial charge in [0.05, 0.1) is 6.04 Å². The third kappa shape index (κ3) is 2.96. The lowest BCUT2D eigenvalue weighted by molar-refractivity contribution is 0.0910. The number of aryl methyl sites for hydroxylation is 1. The number of nitrogen functional groups attached to an aromatic ring is 1. The summed E-state index contributed by atoms with van der Waals surface area (Å²) in [4.78, 5) is 12.0. The summed E-state index contributed by atoms with van der Waals surface area (Å²) in [6, 6.07) is 10.8. The van der Waals surface area contributed by atoms with Crippen LogP contribution >= 0.6 is 0 Å². The van der Waals surface area contributed by atoms with Gasteiger partial charge in [-0.25, -0.2) is 0 Å². The van der Waals surface area contributed by atoms with Crippen LogP contribution in [0.5, 0.6) is 0 Å². The number of hydrogen-bond acceptors (Lipinski definition) is 3. The van der Waals surface area contributed by atoms with Crippen LogP contribution < -0.4 is 11.1 Å². The molecular formula is C15H18N2O2. The monoisotopic (exact) mass is 258 g/mol. The highest BCUT2D eigenvalue weighted by atomic mass is 16.3. The molecule has 0 spiro atoms. The zero-order valence-electron chi connectivity index (χ0n) is 11.1. The first-order valence-corrected chi connectivity index (χ1v) is 6.35. The molecule has 0 saturated heterocycles. The predicted molar refractivity (Wildman–Crippen MR) is 74.8 cm³/mol. The van der Waals surface area contributed by atoms with Crippen molar-refractivity contribution in [3.8, 4) is 0 Å². The molecule has 19 heavy (non-hydrogen) atoms. The van der Waals surface area contributed by atoms with Crippen molar-refractivity contribution in [2.45, 2.75) is 26.3 Å². The van der Waals surface area contributed by atoms with E-state index >= 15 is 0 Å². The third-order valence-corrected chi connectivity index (χ3v) is 3.04. The molecule has 0 radical (unpaired) electrons. The molecule has 0 bridgehead atoms. The Balaban J connectivity index is 2.08. The average molecular weight is 258 g/mol. The SMILES string of the molecule is CCc1ccc(C(=O)NC(C)c2ccccc2N)o1. The van der Waals surface area contributed by atoms with Crippen molar-refractivity contribution in [1.82, 2.24) is 5.32 Å². The molecule has 2 aromatic rings. The second-order valence-corrected chi connectivity index (χ2v) is 4.44. The van der Waals surface area contributed by atoms with Crippen LogP contribution in [0.25, 0.3) is 0 Å². The molecule has 1 atom stereocenters. The fourth-order valence-electron chi connectivity index (χ4n) is 1.94. The standard InChI is InChI=1S/C15H18N2O2/c1-3-11-8-9-14(19-11)15(18)17-10(2)12-6-4-5-7-13(12)16/h4-10H,3,16H2,1-2H3,(H,17,18). The molecule has 3 N–H and O–H groups in total. The number of carbonyl (C=O) groups excluding carboxylic acids is 1. The van der Waals surface area contributed by atoms with Gasteiger partial charge < -0.3 is 15.5 Å². The van der Waals surface area contributed by atoms with Crippen LogP contribution in [0.2, 0.25) is 0 Å². The van der Waals surface area contributed by atoms with Gasteiger partial charge in [-0.05, 0) is 30.7 Å². The zero-order chi connectivity index (χ0) is 13.8. The Bertz CT molecular complexity index is 575. The normalized spacial score (nSPS) is 12.1. The van der Waals surface area contributed by atoms with E-state index in [2.05, 4.69) is 5.32 Å². The number of hydrogen-bond donors (Lipinski definition) is 2. The van der Waals surface area contributed by atoms with Gasteiger partial charge in [-0.15, -0.1) is 0 Å². The number of nitrogens with two attached hydrogens (primary N) is 1. The van der Waals surface area contributed by atoms with Gasteiger partial charge in [0.25, 0.3) is 5.91 Å². The molecule has 0 fully saturated rings. The minimum atomic E-state index is -0.226. The Morgan fingerprint density at radius 3 is 2.68 bits per heavy atom. The zero-order valence-corrected chi connectivity index (χ0v) is 11.1. The van der Waals surface area contributed by atoms with E-state index in [9.17, 15) is 4.79 Å². The van der Waals surface area contributed by atoms with Crippen molar-refractivity contribution in [2.75, 3.05) is 5.73 Å². The number of para-hydroxylation sites is 1. The smallest absolute Gasteiger partial charge is 0.287 e. The first-order valence-electron chi connectivity index (χ1n) is 6.35. The molecule has 2 rings (SSSR count). The van der Waals surface area contributed by atoms with Crippen molar-refractivity contribution in [2.24, 2.45) is 0 Å². The van der Waals surface area contributed by atoms with Crippen LogP contribution in [-0.2, 0) is 6.42 Å². The van der Waals surface area contributed by atoms with E-state index in [1.165, 1.54) is 0 Å². The summed E-state index contributed by atoms with van der Waals surface area (Å²) >= 11 is 0. The second kappa shape index (κ2) is 5.61. The molecular weight excluding hydrogens is 240 g/mol. The highest BCUT2D eigenvalue weighted by molar-refractivity contribution is 5.91. The Morgan fingerprint density at radius 2 is 2.05 bits per heavy atom. The van der Waals surface area contributed by atoms with Crippen LogP contribution in [-0.4, -0.2) is 5.91 Å². The molecule has 4 heteroatoms. The Hall–Kier alpha value is -2.23. The maximum absolute atomic E-state index is 12.0. The Morgan fingerprint density at radius 1 is 1.32 bits per heavy atom. The summed E-state index contributed by atoms with van der Waals surface area (Å²) in [5, 5.41) is 2.88. The molecule has 1 aromatic carbocycles. The maximum Gasteiger partial charge on any atom is 0.287 e. The highest BCUT2D eigenvalue weighted by Crippen LogP contribution is 2.20. The molecule has 0 aliphatic carbocycles. The summed E-state index contributed by atoms with van der Waals surface area (Å²) in [5.41, 5.74) is 7.46. The molecule has 4 nitrogen and oxygen atoms in total. The van der Waals surface area contributed by atoms with Gasteiger partial charge in [-0.1, -0.05) is 25.1 Å². The lowest BCUT2D eigenvalue weighted by Crippen LogP contribution is -2.26. The molecule has 1 aromatic heterocycles. The van der Waals surface area contributed by atoms with E-state index in [0.717, 1.165) is 17.7 Å². The minimum Gasteiger partial charge on any atom is -0.456 e. The minimum absolute atomic E-state index is 0.163. The third-order valence-electron chi connectivity index (χ3n) is 3.04. The van der Waals surface area contributed by atoms with E-state index in [4.69, 9.17) is 10.2 Å². The maximum atomic E-state index is 12.0. The summed E-state index contributed by atoms with van der Waals surface area (Å²) in [6.07, 6.45) is 0.772. The molecule has 0 saturated carbocycles. The largest absolute Gasteiger partial charge is 0.456 e. The van der Waals surface area contributed by atoms with Gasteiger partial charge in [0, 0.05) is 12.1 Å². The average Bonchev–Trinajstić information content (AvgIpc) is 2.88. The van der Waals surface area contributed by atoms with Crippen molar-refractivity contribution in [3.63, 3.8) is 0 Å². The molecule has 1 heterocycles. The van der Waals surface area contributed by atoms with E-state index in [-0.39, 0.29) is 11.9 Å². The number of rotatable bonds is 4. The molecule has 100 valence electrons. The molecule has 1 amide bonds. The van der Waals surface area contributed by atoms with Crippen LogP contribution in [0.15, 0.2) is 40.8 Å². The van der Waals surface area contributed by atoms with E-state index in [0.29, 0.717) is 11.4 Å². The van der Waals surface area contributed by atoms with Crippen molar-refractivity contribution < 1.29 is 9.21 Å². The topological polar surface area (TPSA) is 68.3 Å². The predicted octanol–water partition coefficient (Wildman–Crippen LogP) is 2.92. The van der Waals surface area contributed by atoms with Crippen LogP contribution in [0.4, 0.5) is 5.69 Å². The number of nitrogens with one attached hydrogen (secondary N) is 1. The van der Waals surface area contributed by atoms with Crippen LogP contribution in [0.3, 0.4) is 0 Å². The first kappa shape index (κ1) is 13.2. The fourth-order valence-corrected chi connectivity index (χ4v) is 1.94. The number of furan rings is 1. The Kier molecular flexibility index (Phi) is 3.90. The summed E-state index contributed by atoms with van der Waals surface area (Å²) < 4.78 is 5.42. The molecule has 0 aliphatic rings. The summed E-state index contributed by atoms with van der Waals surface area (Å²) in [6.45, 7) is 3.88. The van der Waals surface area contributed by atoms with Gasteiger partial charge in [0.2, 0.25) is 0 Å². The number of benzene rings is 1. The van der Waals surface area contributed by atoms with Crippen molar-refractivity contribution >= 4 is 11.6 Å². The Labute approximate surface area is 112 Å². The first-order chi connectivity index (χ1) is 9.11. The fraction of sp³-hybridized carbons (Fsp3) is 0.267. The number of anilines is 1. The van der Waals surface area contributed by atoms with Gasteiger partial charge in [0.1, 0.15) is 5.76 Å². The number of carbonyl (C=O) groups is 1. The van der Waals surface area contributed by atoms with Crippen LogP contribution in [0, 0.1) is 0 Å². The van der Waals surface area contributed by atoms with Gasteiger partial charge in [-0.3, -0.25) is 4.79 Å². The van der Waals surface area contributed by atoms with Crippen molar-refractivity contribution in [1.29, 1.82) is 0 Å². The van der Waals surface area contributed by atoms with E-state index < -0.39 is 0 Å². The van der Waals surface area contributed by atoms with Gasteiger partial charge in [0.15, 0.2) is 5.76 Å². The van der Waals surface area contributed by atoms with E-state index in [1.54, 1.807) is 6.07 Å². The number of amides is 1. The van der Waals surface area contributed by atoms with Crippen molar-refractivity contribution in [3.05, 3.63) is 53.5 Å². The second-order valence-electron chi connectivity index (χ2n) is 4.44. The lowest BCUT2D eigenvalue weighted by Gasteiger charge is -2.15. The van der Waals surface area contributed by atoms with Gasteiger partial charge in [-0.2, -0.15) is 0 Å². The molecule has 1 unspecified atom stereocenters. The summed E-state index contributed by atoms with van der Waals surface area (Å²) in [7, 11) is 0.